The molecule has 0 bridgehead atoms. The third-order valence-electron chi connectivity index (χ3n) is 5.70. The summed E-state index contributed by atoms with van der Waals surface area (Å²) < 4.78 is 0. The Hall–Kier alpha value is -0.570. The average Bonchev–Trinajstić information content (AvgIpc) is 2.38. The Bertz CT molecular complexity index is 304. The molecule has 0 heterocycles. The minimum absolute atomic E-state index is 0.0655. The fourth-order valence-corrected chi connectivity index (χ4v) is 4.53. The molecule has 110 valence electrons. The van der Waals surface area contributed by atoms with E-state index >= 15 is 0 Å². The Morgan fingerprint density at radius 3 is 1.58 bits per heavy atom. The molecular formula is C16H28O3. The van der Waals surface area contributed by atoms with Gasteiger partial charge in [-0.1, -0.05) is 52.4 Å². The summed E-state index contributed by atoms with van der Waals surface area (Å²) in [6.45, 7) is 4.23. The van der Waals surface area contributed by atoms with Crippen LogP contribution in [0.3, 0.4) is 0 Å². The molecular weight excluding hydrogens is 240 g/mol. The van der Waals surface area contributed by atoms with E-state index in [9.17, 15) is 15.0 Å². The van der Waals surface area contributed by atoms with Crippen molar-refractivity contribution >= 4 is 5.97 Å². The SMILES string of the molecule is CC1CCCCC1C(O)(C(=O)O)C1CCCCC1C. The van der Waals surface area contributed by atoms with Crippen LogP contribution in [0.25, 0.3) is 0 Å². The topological polar surface area (TPSA) is 57.5 Å². The number of carbonyl (C=O) groups is 1. The van der Waals surface area contributed by atoms with Crippen molar-refractivity contribution in [1.82, 2.24) is 0 Å². The van der Waals surface area contributed by atoms with E-state index in [2.05, 4.69) is 13.8 Å². The second-order valence-electron chi connectivity index (χ2n) is 6.87. The summed E-state index contributed by atoms with van der Waals surface area (Å²) in [6, 6.07) is 0. The smallest absolute Gasteiger partial charge is 0.336 e. The molecule has 0 radical (unpaired) electrons. The predicted molar refractivity (Wildman–Crippen MR) is 74.8 cm³/mol. The molecule has 2 saturated carbocycles. The molecule has 2 fully saturated rings. The Balaban J connectivity index is 2.27. The number of aliphatic carboxylic acids is 1. The molecule has 2 rings (SSSR count). The van der Waals surface area contributed by atoms with E-state index in [1.807, 2.05) is 0 Å². The first-order valence-corrected chi connectivity index (χ1v) is 7.93. The Morgan fingerprint density at radius 1 is 0.895 bits per heavy atom. The van der Waals surface area contributed by atoms with Crippen molar-refractivity contribution in [3.63, 3.8) is 0 Å². The van der Waals surface area contributed by atoms with Crippen LogP contribution >= 0.6 is 0 Å². The van der Waals surface area contributed by atoms with Crippen molar-refractivity contribution in [2.24, 2.45) is 23.7 Å². The number of aliphatic hydroxyl groups is 1. The summed E-state index contributed by atoms with van der Waals surface area (Å²) in [7, 11) is 0. The predicted octanol–water partition coefficient (Wildman–Crippen LogP) is 3.45. The van der Waals surface area contributed by atoms with Crippen molar-refractivity contribution in [3.8, 4) is 0 Å². The van der Waals surface area contributed by atoms with Crippen LogP contribution < -0.4 is 0 Å². The molecule has 2 N–H and O–H groups in total. The van der Waals surface area contributed by atoms with Crippen molar-refractivity contribution in [2.75, 3.05) is 0 Å². The number of carboxylic acid groups (broad SMARTS) is 1. The molecule has 4 unspecified atom stereocenters. The van der Waals surface area contributed by atoms with Crippen LogP contribution in [0, 0.1) is 23.7 Å². The van der Waals surface area contributed by atoms with Crippen LogP contribution in [0.15, 0.2) is 0 Å². The molecule has 4 atom stereocenters. The molecule has 0 spiro atoms. The minimum Gasteiger partial charge on any atom is -0.479 e. The molecule has 0 aliphatic heterocycles. The molecule has 3 nitrogen and oxygen atoms in total. The molecule has 3 heteroatoms. The Morgan fingerprint density at radius 2 is 1.26 bits per heavy atom. The van der Waals surface area contributed by atoms with Gasteiger partial charge < -0.3 is 10.2 Å². The maximum atomic E-state index is 11.9. The highest BCUT2D eigenvalue weighted by Crippen LogP contribution is 2.47. The molecule has 2 aliphatic carbocycles. The number of rotatable bonds is 3. The number of carboxylic acids is 1. The lowest BCUT2D eigenvalue weighted by atomic mass is 9.60. The highest BCUT2D eigenvalue weighted by molar-refractivity contribution is 5.78. The summed E-state index contributed by atoms with van der Waals surface area (Å²) in [5, 5.41) is 20.8. The van der Waals surface area contributed by atoms with Crippen LogP contribution in [0.2, 0.25) is 0 Å². The number of hydrogen-bond acceptors (Lipinski definition) is 2. The van der Waals surface area contributed by atoms with E-state index in [0.717, 1.165) is 38.5 Å². The van der Waals surface area contributed by atoms with Crippen molar-refractivity contribution in [2.45, 2.75) is 70.8 Å². The molecule has 0 saturated heterocycles. The fourth-order valence-electron chi connectivity index (χ4n) is 4.53. The van der Waals surface area contributed by atoms with Gasteiger partial charge in [-0.05, 0) is 24.7 Å². The van der Waals surface area contributed by atoms with E-state index in [4.69, 9.17) is 0 Å². The minimum atomic E-state index is -1.50. The van der Waals surface area contributed by atoms with Crippen molar-refractivity contribution in [1.29, 1.82) is 0 Å². The van der Waals surface area contributed by atoms with Gasteiger partial charge in [-0.25, -0.2) is 4.79 Å². The van der Waals surface area contributed by atoms with Crippen LogP contribution in [0.1, 0.15) is 65.2 Å². The lowest BCUT2D eigenvalue weighted by molar-refractivity contribution is -0.185. The van der Waals surface area contributed by atoms with Crippen LogP contribution in [0.4, 0.5) is 0 Å². The van der Waals surface area contributed by atoms with Gasteiger partial charge in [0.2, 0.25) is 0 Å². The van der Waals surface area contributed by atoms with Gasteiger partial charge in [0.15, 0.2) is 5.60 Å². The zero-order chi connectivity index (χ0) is 14.0. The second-order valence-corrected chi connectivity index (χ2v) is 6.87. The summed E-state index contributed by atoms with van der Waals surface area (Å²) >= 11 is 0. The zero-order valence-corrected chi connectivity index (χ0v) is 12.3. The molecule has 0 amide bonds. The van der Waals surface area contributed by atoms with Gasteiger partial charge in [0.1, 0.15) is 0 Å². The third-order valence-corrected chi connectivity index (χ3v) is 5.70. The van der Waals surface area contributed by atoms with E-state index in [1.165, 1.54) is 12.8 Å². The maximum absolute atomic E-state index is 11.9. The molecule has 0 aromatic heterocycles. The van der Waals surface area contributed by atoms with Gasteiger partial charge in [-0.15, -0.1) is 0 Å². The second kappa shape index (κ2) is 5.82. The van der Waals surface area contributed by atoms with Crippen molar-refractivity contribution < 1.29 is 15.0 Å². The summed E-state index contributed by atoms with van der Waals surface area (Å²) in [4.78, 5) is 11.9. The van der Waals surface area contributed by atoms with E-state index in [1.54, 1.807) is 0 Å². The maximum Gasteiger partial charge on any atom is 0.336 e. The van der Waals surface area contributed by atoms with Crippen LogP contribution in [-0.4, -0.2) is 21.8 Å². The zero-order valence-electron chi connectivity index (χ0n) is 12.3. The highest BCUT2D eigenvalue weighted by atomic mass is 16.4. The first kappa shape index (κ1) is 14.8. The molecule has 2 aliphatic rings. The van der Waals surface area contributed by atoms with Crippen LogP contribution in [0.5, 0.6) is 0 Å². The molecule has 0 aromatic rings. The van der Waals surface area contributed by atoms with Gasteiger partial charge in [-0.3, -0.25) is 0 Å². The first-order chi connectivity index (χ1) is 8.98. The van der Waals surface area contributed by atoms with E-state index in [0.29, 0.717) is 11.8 Å². The molecule has 0 aromatic carbocycles. The standard InChI is InChI=1S/C16H28O3/c1-11-7-3-5-9-13(11)16(19,15(17)18)14-10-6-4-8-12(14)2/h11-14,19H,3-10H2,1-2H3,(H,17,18). The van der Waals surface area contributed by atoms with Gasteiger partial charge in [0.25, 0.3) is 0 Å². The monoisotopic (exact) mass is 268 g/mol. The number of hydrogen-bond donors (Lipinski definition) is 2. The normalized spacial score (nSPS) is 39.5. The Kier molecular flexibility index (Phi) is 4.54. The summed E-state index contributed by atoms with van der Waals surface area (Å²) in [5.74, 6) is -0.466. The lowest BCUT2D eigenvalue weighted by Gasteiger charge is -2.47. The quantitative estimate of drug-likeness (QED) is 0.824. The molecule has 19 heavy (non-hydrogen) atoms. The Labute approximate surface area is 116 Å². The fraction of sp³-hybridized carbons (Fsp3) is 0.938. The van der Waals surface area contributed by atoms with Gasteiger partial charge in [0, 0.05) is 11.8 Å². The van der Waals surface area contributed by atoms with Crippen molar-refractivity contribution in [3.05, 3.63) is 0 Å². The van der Waals surface area contributed by atoms with Crippen LogP contribution in [-0.2, 0) is 4.79 Å². The highest BCUT2D eigenvalue weighted by Gasteiger charge is 2.53. The third kappa shape index (κ3) is 2.67. The summed E-state index contributed by atoms with van der Waals surface area (Å²) in [5.41, 5.74) is -1.50. The van der Waals surface area contributed by atoms with E-state index in [-0.39, 0.29) is 11.8 Å². The van der Waals surface area contributed by atoms with E-state index < -0.39 is 11.6 Å². The largest absolute Gasteiger partial charge is 0.479 e. The van der Waals surface area contributed by atoms with Gasteiger partial charge >= 0.3 is 5.97 Å². The average molecular weight is 268 g/mol. The first-order valence-electron chi connectivity index (χ1n) is 7.93. The lowest BCUT2D eigenvalue weighted by Crippen LogP contribution is -2.57. The van der Waals surface area contributed by atoms with Gasteiger partial charge in [-0.2, -0.15) is 0 Å². The van der Waals surface area contributed by atoms with Gasteiger partial charge in [0.05, 0.1) is 0 Å². The summed E-state index contributed by atoms with van der Waals surface area (Å²) in [6.07, 6.45) is 8.32.